The van der Waals surface area contributed by atoms with Crippen LogP contribution in [0.3, 0.4) is 0 Å². The van der Waals surface area contributed by atoms with E-state index in [1.807, 2.05) is 48.5 Å². The largest absolute Gasteiger partial charge is 0.456 e. The summed E-state index contributed by atoms with van der Waals surface area (Å²) < 4.78 is 6.12. The Morgan fingerprint density at radius 2 is 1.04 bits per heavy atom. The summed E-state index contributed by atoms with van der Waals surface area (Å²) in [6.45, 7) is 0. The molecule has 8 aromatic rings. The van der Waals surface area contributed by atoms with Gasteiger partial charge < -0.3 is 4.42 Å². The number of rotatable bonds is 4. The molecule has 0 bridgehead atoms. The van der Waals surface area contributed by atoms with Crippen molar-refractivity contribution in [3.8, 4) is 56.4 Å². The van der Waals surface area contributed by atoms with Crippen molar-refractivity contribution >= 4 is 21.9 Å². The number of hydrogen-bond donors (Lipinski definition) is 0. The van der Waals surface area contributed by atoms with E-state index in [1.165, 1.54) is 65.5 Å². The maximum Gasteiger partial charge on any atom is 0.164 e. The minimum Gasteiger partial charge on any atom is -0.456 e. The van der Waals surface area contributed by atoms with Gasteiger partial charge in [0.1, 0.15) is 11.2 Å². The Hall–Kier alpha value is -5.87. The summed E-state index contributed by atoms with van der Waals surface area (Å²) >= 11 is 0. The van der Waals surface area contributed by atoms with Crippen molar-refractivity contribution < 1.29 is 4.42 Å². The minimum atomic E-state index is 0.118. The van der Waals surface area contributed by atoms with Gasteiger partial charge >= 0.3 is 0 Å². The second kappa shape index (κ2) is 11.1. The number of fused-ring (bicyclic) bond motifs is 8. The zero-order valence-corrected chi connectivity index (χ0v) is 27.1. The van der Waals surface area contributed by atoms with Crippen LogP contribution in [0.2, 0.25) is 0 Å². The van der Waals surface area contributed by atoms with Crippen LogP contribution in [0.5, 0.6) is 0 Å². The van der Waals surface area contributed by atoms with Crippen molar-refractivity contribution in [2.45, 2.75) is 37.5 Å². The summed E-state index contributed by atoms with van der Waals surface area (Å²) in [6.07, 6.45) is 6.32. The molecule has 4 nitrogen and oxygen atoms in total. The predicted octanol–water partition coefficient (Wildman–Crippen LogP) is 11.7. The Balaban J connectivity index is 1.13. The SMILES string of the molecule is c1ccc(-c2nc(-c3cccc(-c4cccc5c4-c4ccccc4C54CCCCC4)c3)nc(-c3ccc4oc5ccccc5c4c3)n2)cc1. The minimum absolute atomic E-state index is 0.118. The number of aromatic nitrogens is 3. The van der Waals surface area contributed by atoms with Crippen molar-refractivity contribution in [1.29, 1.82) is 0 Å². The molecule has 2 aliphatic carbocycles. The highest BCUT2D eigenvalue weighted by Crippen LogP contribution is 2.57. The Labute approximate surface area is 285 Å². The van der Waals surface area contributed by atoms with Crippen molar-refractivity contribution in [2.24, 2.45) is 0 Å². The molecule has 2 heterocycles. The molecule has 0 saturated heterocycles. The maximum atomic E-state index is 6.12. The molecule has 1 fully saturated rings. The van der Waals surface area contributed by atoms with Crippen LogP contribution in [0.25, 0.3) is 78.4 Å². The van der Waals surface area contributed by atoms with Gasteiger partial charge in [-0.15, -0.1) is 0 Å². The van der Waals surface area contributed by atoms with Crippen LogP contribution in [0.15, 0.2) is 144 Å². The number of benzene rings is 6. The van der Waals surface area contributed by atoms with E-state index in [0.717, 1.165) is 38.6 Å². The lowest BCUT2D eigenvalue weighted by molar-refractivity contribution is 0.353. The normalized spacial score (nSPS) is 14.7. The molecule has 4 heteroatoms. The molecule has 10 rings (SSSR count). The van der Waals surface area contributed by atoms with E-state index >= 15 is 0 Å². The highest BCUT2D eigenvalue weighted by molar-refractivity contribution is 6.06. The Morgan fingerprint density at radius 3 is 1.90 bits per heavy atom. The first-order chi connectivity index (χ1) is 24.2. The smallest absolute Gasteiger partial charge is 0.164 e. The van der Waals surface area contributed by atoms with Crippen LogP contribution in [0, 0.1) is 0 Å². The van der Waals surface area contributed by atoms with Gasteiger partial charge in [-0.1, -0.05) is 128 Å². The first kappa shape index (κ1) is 28.2. The average Bonchev–Trinajstić information content (AvgIpc) is 3.68. The predicted molar refractivity (Wildman–Crippen MR) is 198 cm³/mol. The Kier molecular flexibility index (Phi) is 6.38. The van der Waals surface area contributed by atoms with Gasteiger partial charge in [0.15, 0.2) is 17.5 Å². The second-order valence-electron chi connectivity index (χ2n) is 13.5. The zero-order chi connectivity index (χ0) is 32.4. The van der Waals surface area contributed by atoms with E-state index in [9.17, 15) is 0 Å². The molecule has 0 atom stereocenters. The van der Waals surface area contributed by atoms with Crippen LogP contribution in [0.4, 0.5) is 0 Å². The second-order valence-corrected chi connectivity index (χ2v) is 13.5. The lowest BCUT2D eigenvalue weighted by Gasteiger charge is -2.36. The topological polar surface area (TPSA) is 51.8 Å². The average molecular weight is 632 g/mol. The molecule has 0 N–H and O–H groups in total. The van der Waals surface area contributed by atoms with E-state index in [-0.39, 0.29) is 5.41 Å². The van der Waals surface area contributed by atoms with Crippen LogP contribution < -0.4 is 0 Å². The van der Waals surface area contributed by atoms with E-state index in [4.69, 9.17) is 19.4 Å². The van der Waals surface area contributed by atoms with Gasteiger partial charge in [0, 0.05) is 32.9 Å². The van der Waals surface area contributed by atoms with Crippen molar-refractivity contribution in [1.82, 2.24) is 15.0 Å². The van der Waals surface area contributed by atoms with E-state index in [0.29, 0.717) is 17.5 Å². The molecule has 1 spiro atoms. The van der Waals surface area contributed by atoms with E-state index in [1.54, 1.807) is 0 Å². The standard InChI is InChI=1S/C45H33N3O/c1-3-13-29(14-4-1)42-46-43(48-44(47-42)32-23-24-40-36(28-32)34-17-6-8-22-39(34)49-40)31-16-11-15-30(27-31)33-19-12-21-38-41(33)35-18-5-7-20-37(35)45(38)25-9-2-10-26-45/h1,3-8,11-24,27-28H,2,9-10,25-26H2. The lowest BCUT2D eigenvalue weighted by atomic mass is 9.68. The van der Waals surface area contributed by atoms with Crippen LogP contribution in [-0.4, -0.2) is 15.0 Å². The zero-order valence-electron chi connectivity index (χ0n) is 27.1. The van der Waals surface area contributed by atoms with Crippen molar-refractivity contribution in [3.05, 3.63) is 151 Å². The summed E-state index contributed by atoms with van der Waals surface area (Å²) in [5.74, 6) is 1.94. The lowest BCUT2D eigenvalue weighted by Crippen LogP contribution is -2.27. The number of para-hydroxylation sites is 1. The summed E-state index contributed by atoms with van der Waals surface area (Å²) in [4.78, 5) is 15.2. The molecule has 6 aromatic carbocycles. The van der Waals surface area contributed by atoms with Gasteiger partial charge in [-0.25, -0.2) is 15.0 Å². The first-order valence-corrected chi connectivity index (χ1v) is 17.3. The molecule has 0 aliphatic heterocycles. The monoisotopic (exact) mass is 631 g/mol. The van der Waals surface area contributed by atoms with E-state index < -0.39 is 0 Å². The summed E-state index contributed by atoms with van der Waals surface area (Å²) in [5, 5.41) is 2.13. The third-order valence-electron chi connectivity index (χ3n) is 10.7. The fourth-order valence-electron chi connectivity index (χ4n) is 8.48. The highest BCUT2D eigenvalue weighted by atomic mass is 16.3. The molecule has 2 aromatic heterocycles. The molecule has 234 valence electrons. The highest BCUT2D eigenvalue weighted by Gasteiger charge is 2.44. The molecular formula is C45H33N3O. The van der Waals surface area contributed by atoms with Crippen LogP contribution in [-0.2, 0) is 5.41 Å². The van der Waals surface area contributed by atoms with Gasteiger partial charge in [0.25, 0.3) is 0 Å². The molecule has 2 aliphatic rings. The van der Waals surface area contributed by atoms with Crippen LogP contribution in [0.1, 0.15) is 43.2 Å². The van der Waals surface area contributed by atoms with Gasteiger partial charge in [-0.05, 0) is 76.6 Å². The number of hydrogen-bond acceptors (Lipinski definition) is 4. The van der Waals surface area contributed by atoms with Gasteiger partial charge in [-0.3, -0.25) is 0 Å². The third-order valence-corrected chi connectivity index (χ3v) is 10.7. The summed E-state index contributed by atoms with van der Waals surface area (Å²) in [6, 6.07) is 49.3. The number of furan rings is 1. The van der Waals surface area contributed by atoms with E-state index in [2.05, 4.69) is 91.0 Å². The maximum absolute atomic E-state index is 6.12. The van der Waals surface area contributed by atoms with Crippen molar-refractivity contribution in [3.63, 3.8) is 0 Å². The Morgan fingerprint density at radius 1 is 0.429 bits per heavy atom. The van der Waals surface area contributed by atoms with Crippen LogP contribution >= 0.6 is 0 Å². The first-order valence-electron chi connectivity index (χ1n) is 17.3. The summed E-state index contributed by atoms with van der Waals surface area (Å²) in [7, 11) is 0. The Bertz CT molecular complexity index is 2540. The molecule has 0 amide bonds. The molecule has 49 heavy (non-hydrogen) atoms. The number of nitrogens with zero attached hydrogens (tertiary/aromatic N) is 3. The van der Waals surface area contributed by atoms with Gasteiger partial charge in [0.05, 0.1) is 0 Å². The third kappa shape index (κ3) is 4.48. The molecule has 1 saturated carbocycles. The summed E-state index contributed by atoms with van der Waals surface area (Å²) in [5.41, 5.74) is 12.9. The molecular weight excluding hydrogens is 599 g/mol. The fraction of sp³-hybridized carbons (Fsp3) is 0.133. The van der Waals surface area contributed by atoms with Crippen molar-refractivity contribution in [2.75, 3.05) is 0 Å². The quantitative estimate of drug-likeness (QED) is 0.194. The molecule has 0 unspecified atom stereocenters. The van der Waals surface area contributed by atoms with Gasteiger partial charge in [-0.2, -0.15) is 0 Å². The van der Waals surface area contributed by atoms with Gasteiger partial charge in [0.2, 0.25) is 0 Å². The fourth-order valence-corrected chi connectivity index (χ4v) is 8.48. The molecule has 0 radical (unpaired) electrons.